The lowest BCUT2D eigenvalue weighted by Gasteiger charge is -2.27. The van der Waals surface area contributed by atoms with Crippen LogP contribution in [0, 0.1) is 5.92 Å². The molecular formula is C27H53O6PS. The number of hydrogen-bond donors (Lipinski definition) is 3. The van der Waals surface area contributed by atoms with Crippen molar-refractivity contribution in [2.24, 2.45) is 5.92 Å². The number of rotatable bonds is 26. The van der Waals surface area contributed by atoms with Gasteiger partial charge in [0.1, 0.15) is 5.44 Å². The van der Waals surface area contributed by atoms with Gasteiger partial charge < -0.3 is 19.7 Å². The normalized spacial score (nSPS) is 16.1. The van der Waals surface area contributed by atoms with Crippen LogP contribution in [0.1, 0.15) is 143 Å². The number of unbranched alkanes of at least 4 members (excludes halogenated alkanes) is 13. The molecule has 0 saturated carbocycles. The average Bonchev–Trinajstić information content (AvgIpc) is 2.84. The summed E-state index contributed by atoms with van der Waals surface area (Å²) in [5.74, 6) is -1.22. The van der Waals surface area contributed by atoms with Crippen LogP contribution in [0.5, 0.6) is 0 Å². The van der Waals surface area contributed by atoms with Gasteiger partial charge in [-0.25, -0.2) is 4.79 Å². The summed E-state index contributed by atoms with van der Waals surface area (Å²) in [5.41, 5.74) is -3.24. The molecule has 0 rings (SSSR count). The van der Waals surface area contributed by atoms with Crippen LogP contribution in [0.4, 0.5) is 0 Å². The van der Waals surface area contributed by atoms with E-state index in [0.29, 0.717) is 12.3 Å². The maximum atomic E-state index is 11.2. The zero-order valence-electron chi connectivity index (χ0n) is 22.6. The van der Waals surface area contributed by atoms with Crippen LogP contribution in [0.15, 0.2) is 0 Å². The summed E-state index contributed by atoms with van der Waals surface area (Å²) in [6.07, 6.45) is 21.7. The molecule has 0 aliphatic heterocycles. The molecule has 6 nitrogen and oxygen atoms in total. The lowest BCUT2D eigenvalue weighted by Crippen LogP contribution is -2.40. The molecule has 0 saturated heterocycles. The van der Waals surface area contributed by atoms with Gasteiger partial charge in [-0.05, 0) is 18.8 Å². The van der Waals surface area contributed by atoms with Crippen molar-refractivity contribution in [3.05, 3.63) is 0 Å². The summed E-state index contributed by atoms with van der Waals surface area (Å²) in [5, 5.41) is 19.0. The highest BCUT2D eigenvalue weighted by atomic mass is 32.1. The predicted octanol–water partition coefficient (Wildman–Crippen LogP) is 8.71. The molecule has 0 aromatic rings. The van der Waals surface area contributed by atoms with Gasteiger partial charge in [0.05, 0.1) is 0 Å². The predicted molar refractivity (Wildman–Crippen MR) is 147 cm³/mol. The monoisotopic (exact) mass is 536 g/mol. The fraction of sp³-hybridized carbons (Fsp3) is 0.963. The van der Waals surface area contributed by atoms with E-state index in [1.54, 1.807) is 6.92 Å². The van der Waals surface area contributed by atoms with E-state index in [-0.39, 0.29) is 0 Å². The van der Waals surface area contributed by atoms with Crippen molar-refractivity contribution in [2.75, 3.05) is 0 Å². The fourth-order valence-corrected chi connectivity index (χ4v) is 5.03. The summed E-state index contributed by atoms with van der Waals surface area (Å²) < 4.78 is 22.0. The van der Waals surface area contributed by atoms with Crippen molar-refractivity contribution in [2.45, 2.75) is 160 Å². The van der Waals surface area contributed by atoms with Crippen molar-refractivity contribution in [1.82, 2.24) is 0 Å². The first-order chi connectivity index (χ1) is 16.8. The molecule has 4 unspecified atom stereocenters. The minimum Gasteiger partial charge on any atom is -0.477 e. The van der Waals surface area contributed by atoms with E-state index in [1.165, 1.54) is 96.3 Å². The smallest absolute Gasteiger partial charge is 0.377 e. The lowest BCUT2D eigenvalue weighted by molar-refractivity contribution is -0.256. The lowest BCUT2D eigenvalue weighted by atomic mass is 9.91. The highest BCUT2D eigenvalue weighted by Gasteiger charge is 2.42. The Kier molecular flexibility index (Phi) is 22.8. The van der Waals surface area contributed by atoms with Gasteiger partial charge in [-0.1, -0.05) is 130 Å². The number of ether oxygens (including phenoxy) is 2. The molecule has 0 aromatic carbocycles. The van der Waals surface area contributed by atoms with E-state index in [4.69, 9.17) is 14.6 Å². The number of carboxylic acids is 1. The molecule has 0 aliphatic rings. The van der Waals surface area contributed by atoms with Gasteiger partial charge in [-0.3, -0.25) is 4.57 Å². The first-order valence-electron chi connectivity index (χ1n) is 14.1. The van der Waals surface area contributed by atoms with E-state index in [9.17, 15) is 14.5 Å². The van der Waals surface area contributed by atoms with Gasteiger partial charge in [-0.15, -0.1) is 12.6 Å². The van der Waals surface area contributed by atoms with Crippen LogP contribution >= 0.6 is 21.1 Å². The number of carboxylic acid groups (broad SMARTS) is 1. The van der Waals surface area contributed by atoms with E-state index >= 15 is 0 Å². The van der Waals surface area contributed by atoms with Crippen molar-refractivity contribution in [3.63, 3.8) is 0 Å². The minimum absolute atomic E-state index is 0.308. The van der Waals surface area contributed by atoms with Crippen LogP contribution in [0.2, 0.25) is 0 Å². The third kappa shape index (κ3) is 18.7. The zero-order chi connectivity index (χ0) is 26.4. The van der Waals surface area contributed by atoms with Gasteiger partial charge >= 0.3 is 11.5 Å². The number of hydrogen-bond acceptors (Lipinski definition) is 6. The Morgan fingerprint density at radius 2 is 1.26 bits per heavy atom. The zero-order valence-corrected chi connectivity index (χ0v) is 24.4. The molecule has 0 spiro atoms. The summed E-state index contributed by atoms with van der Waals surface area (Å²) in [7, 11) is -1.03. The molecule has 8 heteroatoms. The van der Waals surface area contributed by atoms with Gasteiger partial charge in [0.15, 0.2) is 6.29 Å². The maximum absolute atomic E-state index is 11.2. The van der Waals surface area contributed by atoms with Crippen LogP contribution in [-0.2, 0) is 18.8 Å². The SMILES string of the molecule is CCCCCCCCCCC(CCCCCCCCC)CC(S)OC(CC)OC(O)(P=O)C(=O)O. The van der Waals surface area contributed by atoms with Crippen molar-refractivity contribution in [1.29, 1.82) is 0 Å². The van der Waals surface area contributed by atoms with E-state index in [1.807, 2.05) is 0 Å². The molecule has 0 amide bonds. The number of aliphatic carboxylic acids is 1. The Hall–Kier alpha value is -0.200. The Bertz CT molecular complexity index is 524. The first-order valence-corrected chi connectivity index (χ1v) is 15.5. The molecule has 4 atom stereocenters. The molecule has 208 valence electrons. The molecule has 0 aromatic heterocycles. The second-order valence-corrected chi connectivity index (χ2v) is 11.2. The van der Waals surface area contributed by atoms with Crippen LogP contribution in [0.3, 0.4) is 0 Å². The molecule has 2 N–H and O–H groups in total. The Balaban J connectivity index is 4.60. The minimum atomic E-state index is -2.80. The summed E-state index contributed by atoms with van der Waals surface area (Å²) in [6, 6.07) is 0. The van der Waals surface area contributed by atoms with Crippen LogP contribution in [-0.4, -0.2) is 33.4 Å². The quantitative estimate of drug-likeness (QED) is 0.0443. The third-order valence-electron chi connectivity index (χ3n) is 6.56. The van der Waals surface area contributed by atoms with Crippen molar-refractivity contribution < 1.29 is 29.0 Å². The second-order valence-electron chi connectivity index (χ2n) is 9.83. The van der Waals surface area contributed by atoms with E-state index in [2.05, 4.69) is 26.5 Å². The van der Waals surface area contributed by atoms with Crippen molar-refractivity contribution in [3.8, 4) is 0 Å². The number of thiol groups is 1. The molecule has 0 radical (unpaired) electrons. The van der Waals surface area contributed by atoms with Crippen molar-refractivity contribution >= 4 is 27.1 Å². The van der Waals surface area contributed by atoms with Gasteiger partial charge in [-0.2, -0.15) is 0 Å². The number of carbonyl (C=O) groups is 1. The first kappa shape index (κ1) is 34.8. The molecule has 35 heavy (non-hydrogen) atoms. The second kappa shape index (κ2) is 23.0. The largest absolute Gasteiger partial charge is 0.477 e. The highest BCUT2D eigenvalue weighted by Crippen LogP contribution is 2.29. The van der Waals surface area contributed by atoms with Gasteiger partial charge in [0.25, 0.3) is 0 Å². The average molecular weight is 537 g/mol. The van der Waals surface area contributed by atoms with Gasteiger partial charge in [0.2, 0.25) is 8.46 Å². The third-order valence-corrected chi connectivity index (χ3v) is 7.43. The standard InChI is InChI=1S/C27H53O6PS/c1-4-7-9-11-13-15-17-19-21-23(20-18-16-14-12-10-8-5-2)22-25(35)32-24(6-3)33-27(30,34-31)26(28)29/h23-25,30,35H,4-22H2,1-3H3,(H,28,29). The topological polar surface area (TPSA) is 93.1 Å². The summed E-state index contributed by atoms with van der Waals surface area (Å²) in [6.45, 7) is 6.24. The van der Waals surface area contributed by atoms with Gasteiger partial charge in [0, 0.05) is 0 Å². The molecule has 0 heterocycles. The fourth-order valence-electron chi connectivity index (χ4n) is 4.35. The van der Waals surface area contributed by atoms with Crippen LogP contribution < -0.4 is 0 Å². The van der Waals surface area contributed by atoms with Crippen LogP contribution in [0.25, 0.3) is 0 Å². The molecular weight excluding hydrogens is 483 g/mol. The Morgan fingerprint density at radius 1 is 0.829 bits per heavy atom. The van der Waals surface area contributed by atoms with E-state index < -0.39 is 31.7 Å². The Labute approximate surface area is 221 Å². The Morgan fingerprint density at radius 3 is 1.63 bits per heavy atom. The summed E-state index contributed by atoms with van der Waals surface area (Å²) >= 11 is 4.59. The maximum Gasteiger partial charge on any atom is 0.377 e. The molecule has 0 aliphatic carbocycles. The highest BCUT2D eigenvalue weighted by molar-refractivity contribution is 7.80. The van der Waals surface area contributed by atoms with E-state index in [0.717, 1.165) is 19.3 Å². The molecule has 0 fully saturated rings. The number of aliphatic hydroxyl groups is 1. The molecule has 0 bridgehead atoms. The summed E-state index contributed by atoms with van der Waals surface area (Å²) in [4.78, 5) is 11.2.